The fourth-order valence-electron chi connectivity index (χ4n) is 3.02. The van der Waals surface area contributed by atoms with Gasteiger partial charge in [0.1, 0.15) is 0 Å². The zero-order valence-corrected chi connectivity index (χ0v) is 12.3. The summed E-state index contributed by atoms with van der Waals surface area (Å²) in [5.74, 6) is 0.456. The molecule has 0 spiro atoms. The van der Waals surface area contributed by atoms with Crippen LogP contribution in [0.4, 0.5) is 0 Å². The van der Waals surface area contributed by atoms with Crippen molar-refractivity contribution in [2.24, 2.45) is 11.3 Å². The summed E-state index contributed by atoms with van der Waals surface area (Å²) in [6, 6.07) is 7.10. The standard InChI is InChI=1S/C15H19NO2S/c1-11-4-6-13(7-5-11)19(17,18)16-9-8-15(3)10-14(15)12(16)2/h4-9,12,14H,10H2,1-3H3/t12-,14-,15-/m1/s1. The minimum atomic E-state index is -3.41. The van der Waals surface area contributed by atoms with Crippen molar-refractivity contribution in [1.82, 2.24) is 4.31 Å². The van der Waals surface area contributed by atoms with Gasteiger partial charge in [0.05, 0.1) is 4.90 Å². The Kier molecular flexibility index (Phi) is 2.58. The van der Waals surface area contributed by atoms with E-state index in [1.165, 1.54) is 4.31 Å². The lowest BCUT2D eigenvalue weighted by Gasteiger charge is -2.32. The van der Waals surface area contributed by atoms with E-state index in [0.717, 1.165) is 12.0 Å². The minimum Gasteiger partial charge on any atom is -0.271 e. The molecule has 1 aliphatic heterocycles. The summed E-state index contributed by atoms with van der Waals surface area (Å²) in [6.45, 7) is 6.15. The fraction of sp³-hybridized carbons (Fsp3) is 0.467. The summed E-state index contributed by atoms with van der Waals surface area (Å²) in [4.78, 5) is 0.374. The maximum atomic E-state index is 12.7. The molecule has 102 valence electrons. The van der Waals surface area contributed by atoms with Gasteiger partial charge in [-0.15, -0.1) is 0 Å². The lowest BCUT2D eigenvalue weighted by Crippen LogP contribution is -2.38. The summed E-state index contributed by atoms with van der Waals surface area (Å²) >= 11 is 0. The second-order valence-corrected chi connectivity index (χ2v) is 7.86. The third-order valence-corrected chi connectivity index (χ3v) is 6.41. The molecule has 4 heteroatoms. The Labute approximate surface area is 115 Å². The first-order chi connectivity index (χ1) is 8.84. The van der Waals surface area contributed by atoms with E-state index < -0.39 is 10.0 Å². The molecule has 0 N–H and O–H groups in total. The summed E-state index contributed by atoms with van der Waals surface area (Å²) in [5.41, 5.74) is 1.29. The molecule has 3 rings (SSSR count). The normalized spacial score (nSPS) is 33.1. The van der Waals surface area contributed by atoms with E-state index >= 15 is 0 Å². The number of sulfonamides is 1. The van der Waals surface area contributed by atoms with Crippen LogP contribution in [0.2, 0.25) is 0 Å². The molecular formula is C15H19NO2S. The van der Waals surface area contributed by atoms with Crippen LogP contribution in [-0.2, 0) is 10.0 Å². The van der Waals surface area contributed by atoms with Crippen LogP contribution in [0.15, 0.2) is 41.4 Å². The number of aryl methyl sites for hydroxylation is 1. The Balaban J connectivity index is 1.97. The van der Waals surface area contributed by atoms with Gasteiger partial charge in [-0.05, 0) is 43.7 Å². The Morgan fingerprint density at radius 3 is 2.53 bits per heavy atom. The molecule has 1 heterocycles. The quantitative estimate of drug-likeness (QED) is 0.833. The van der Waals surface area contributed by atoms with Crippen molar-refractivity contribution in [2.75, 3.05) is 0 Å². The smallest absolute Gasteiger partial charge is 0.264 e. The molecule has 0 amide bonds. The van der Waals surface area contributed by atoms with Crippen LogP contribution in [-0.4, -0.2) is 18.8 Å². The minimum absolute atomic E-state index is 0.0429. The summed E-state index contributed by atoms with van der Waals surface area (Å²) in [5, 5.41) is 0. The van der Waals surface area contributed by atoms with Crippen LogP contribution >= 0.6 is 0 Å². The third kappa shape index (κ3) is 1.89. The first-order valence-electron chi connectivity index (χ1n) is 6.64. The molecule has 0 radical (unpaired) electrons. The van der Waals surface area contributed by atoms with E-state index in [0.29, 0.717) is 10.8 Å². The van der Waals surface area contributed by atoms with E-state index in [1.807, 2.05) is 32.1 Å². The number of hydrogen-bond acceptors (Lipinski definition) is 2. The largest absolute Gasteiger partial charge is 0.271 e. The number of nitrogens with zero attached hydrogens (tertiary/aromatic N) is 1. The van der Waals surface area contributed by atoms with Crippen LogP contribution in [0.1, 0.15) is 25.8 Å². The first kappa shape index (κ1) is 12.7. The number of rotatable bonds is 2. The van der Waals surface area contributed by atoms with E-state index in [2.05, 4.69) is 6.92 Å². The summed E-state index contributed by atoms with van der Waals surface area (Å²) in [7, 11) is -3.41. The molecule has 0 aromatic heterocycles. The average molecular weight is 277 g/mol. The monoisotopic (exact) mass is 277 g/mol. The average Bonchev–Trinajstić information content (AvgIpc) is 3.03. The van der Waals surface area contributed by atoms with Gasteiger partial charge in [-0.2, -0.15) is 0 Å². The topological polar surface area (TPSA) is 37.4 Å². The van der Waals surface area contributed by atoms with Gasteiger partial charge in [0.2, 0.25) is 0 Å². The van der Waals surface area contributed by atoms with Gasteiger partial charge in [0, 0.05) is 12.2 Å². The highest BCUT2D eigenvalue weighted by molar-refractivity contribution is 7.89. The Morgan fingerprint density at radius 1 is 1.26 bits per heavy atom. The summed E-state index contributed by atoms with van der Waals surface area (Å²) in [6.07, 6.45) is 4.89. The second kappa shape index (κ2) is 3.85. The van der Waals surface area contributed by atoms with E-state index in [9.17, 15) is 8.42 Å². The molecule has 1 aromatic carbocycles. The lowest BCUT2D eigenvalue weighted by molar-refractivity contribution is 0.338. The van der Waals surface area contributed by atoms with E-state index in [1.54, 1.807) is 18.3 Å². The number of fused-ring (bicyclic) bond motifs is 1. The molecular weight excluding hydrogens is 258 g/mol. The highest BCUT2D eigenvalue weighted by Gasteiger charge is 2.55. The van der Waals surface area contributed by atoms with Gasteiger partial charge in [0.15, 0.2) is 0 Å². The summed E-state index contributed by atoms with van der Waals surface area (Å²) < 4.78 is 26.8. The number of hydrogen-bond donors (Lipinski definition) is 0. The van der Waals surface area contributed by atoms with Crippen LogP contribution < -0.4 is 0 Å². The van der Waals surface area contributed by atoms with Crippen molar-refractivity contribution in [1.29, 1.82) is 0 Å². The zero-order valence-electron chi connectivity index (χ0n) is 11.5. The molecule has 2 aliphatic rings. The van der Waals surface area contributed by atoms with Crippen molar-refractivity contribution in [2.45, 2.75) is 38.1 Å². The van der Waals surface area contributed by atoms with Gasteiger partial charge in [0.25, 0.3) is 10.0 Å². The van der Waals surface area contributed by atoms with Gasteiger partial charge in [-0.3, -0.25) is 4.31 Å². The lowest BCUT2D eigenvalue weighted by atomic mass is 10.0. The molecule has 0 unspecified atom stereocenters. The highest BCUT2D eigenvalue weighted by Crippen LogP contribution is 2.58. The van der Waals surface area contributed by atoms with Crippen molar-refractivity contribution in [3.8, 4) is 0 Å². The molecule has 3 atom stereocenters. The molecule has 19 heavy (non-hydrogen) atoms. The van der Waals surface area contributed by atoms with Crippen molar-refractivity contribution in [3.05, 3.63) is 42.1 Å². The predicted molar refractivity (Wildman–Crippen MR) is 75.0 cm³/mol. The SMILES string of the molecule is Cc1ccc(S(=O)(=O)N2C=C[C@]3(C)C[C@@H]3[C@H]2C)cc1. The number of benzene rings is 1. The number of allylic oxidation sites excluding steroid dienone is 1. The van der Waals surface area contributed by atoms with Gasteiger partial charge >= 0.3 is 0 Å². The van der Waals surface area contributed by atoms with Crippen molar-refractivity contribution < 1.29 is 8.42 Å². The zero-order chi connectivity index (χ0) is 13.8. The predicted octanol–water partition coefficient (Wildman–Crippen LogP) is 2.93. The van der Waals surface area contributed by atoms with Gasteiger partial charge in [-0.1, -0.05) is 30.7 Å². The molecule has 0 saturated heterocycles. The highest BCUT2D eigenvalue weighted by atomic mass is 32.2. The van der Waals surface area contributed by atoms with Crippen molar-refractivity contribution in [3.63, 3.8) is 0 Å². The van der Waals surface area contributed by atoms with Crippen molar-refractivity contribution >= 4 is 10.0 Å². The molecule has 3 nitrogen and oxygen atoms in total. The van der Waals surface area contributed by atoms with E-state index in [-0.39, 0.29) is 11.5 Å². The van der Waals surface area contributed by atoms with Gasteiger partial charge in [-0.25, -0.2) is 8.42 Å². The molecule has 1 fully saturated rings. The van der Waals surface area contributed by atoms with Crippen LogP contribution in [0.25, 0.3) is 0 Å². The van der Waals surface area contributed by atoms with Crippen LogP contribution in [0, 0.1) is 18.3 Å². The van der Waals surface area contributed by atoms with Gasteiger partial charge < -0.3 is 0 Å². The molecule has 0 bridgehead atoms. The van der Waals surface area contributed by atoms with E-state index in [4.69, 9.17) is 0 Å². The Hall–Kier alpha value is -1.29. The molecule has 1 saturated carbocycles. The maximum Gasteiger partial charge on any atom is 0.264 e. The van der Waals surface area contributed by atoms with Crippen LogP contribution in [0.5, 0.6) is 0 Å². The first-order valence-corrected chi connectivity index (χ1v) is 8.08. The molecule has 1 aromatic rings. The third-order valence-electron chi connectivity index (χ3n) is 4.53. The molecule has 1 aliphatic carbocycles. The van der Waals surface area contributed by atoms with Crippen LogP contribution in [0.3, 0.4) is 0 Å². The Bertz CT molecular complexity index is 633. The second-order valence-electron chi connectivity index (χ2n) is 6.02. The Morgan fingerprint density at radius 2 is 1.89 bits per heavy atom. The maximum absolute atomic E-state index is 12.7. The fourth-order valence-corrected chi connectivity index (χ4v) is 4.55.